The van der Waals surface area contributed by atoms with Gasteiger partial charge in [-0.25, -0.2) is 8.42 Å². The summed E-state index contributed by atoms with van der Waals surface area (Å²) in [5.41, 5.74) is 0. The Morgan fingerprint density at radius 2 is 1.91 bits per heavy atom. The molecule has 1 aliphatic carbocycles. The first-order chi connectivity index (χ1) is 10.4. The minimum absolute atomic E-state index is 0.0935. The van der Waals surface area contributed by atoms with E-state index < -0.39 is 9.84 Å². The monoisotopic (exact) mass is 325 g/mol. The number of amides is 1. The molecule has 0 heterocycles. The Labute approximate surface area is 132 Å². The standard InChI is InChI=1S/C16H23NO4S/c1-22(19,20)15-10-6-9-14(11-15)21-12-16(18)17-13-7-4-2-3-5-8-13/h6,9-11,13H,2-5,7-8,12H2,1H3,(H,17,18). The molecule has 0 spiro atoms. The predicted octanol–water partition coefficient (Wildman–Crippen LogP) is 2.31. The summed E-state index contributed by atoms with van der Waals surface area (Å²) in [5, 5.41) is 2.99. The van der Waals surface area contributed by atoms with Gasteiger partial charge in [-0.1, -0.05) is 31.7 Å². The maximum atomic E-state index is 11.9. The van der Waals surface area contributed by atoms with Crippen LogP contribution >= 0.6 is 0 Å². The van der Waals surface area contributed by atoms with E-state index in [1.165, 1.54) is 25.0 Å². The molecule has 22 heavy (non-hydrogen) atoms. The van der Waals surface area contributed by atoms with Crippen molar-refractivity contribution in [3.63, 3.8) is 0 Å². The van der Waals surface area contributed by atoms with Crippen molar-refractivity contribution in [2.24, 2.45) is 0 Å². The Balaban J connectivity index is 1.85. The molecule has 1 N–H and O–H groups in total. The van der Waals surface area contributed by atoms with Gasteiger partial charge in [-0.15, -0.1) is 0 Å². The van der Waals surface area contributed by atoms with Gasteiger partial charge in [0.25, 0.3) is 5.91 Å². The lowest BCUT2D eigenvalue weighted by Crippen LogP contribution is -2.37. The molecular formula is C16H23NO4S. The van der Waals surface area contributed by atoms with Crippen LogP contribution < -0.4 is 10.1 Å². The third kappa shape index (κ3) is 5.33. The molecule has 0 bridgehead atoms. The number of sulfone groups is 1. The molecule has 1 aromatic carbocycles. The van der Waals surface area contributed by atoms with Crippen molar-refractivity contribution in [3.8, 4) is 5.75 Å². The molecule has 0 saturated heterocycles. The van der Waals surface area contributed by atoms with Crippen LogP contribution in [-0.4, -0.2) is 33.2 Å². The van der Waals surface area contributed by atoms with Gasteiger partial charge in [0.15, 0.2) is 16.4 Å². The van der Waals surface area contributed by atoms with Crippen LogP contribution in [0, 0.1) is 0 Å². The highest BCUT2D eigenvalue weighted by atomic mass is 32.2. The first kappa shape index (κ1) is 16.8. The van der Waals surface area contributed by atoms with Gasteiger partial charge in [0.2, 0.25) is 0 Å². The van der Waals surface area contributed by atoms with Gasteiger partial charge >= 0.3 is 0 Å². The number of hydrogen-bond acceptors (Lipinski definition) is 4. The normalized spacial score (nSPS) is 16.8. The largest absolute Gasteiger partial charge is 0.484 e. The van der Waals surface area contributed by atoms with Gasteiger partial charge in [0, 0.05) is 12.3 Å². The zero-order chi connectivity index (χ0) is 16.0. The number of carbonyl (C=O) groups excluding carboxylic acids is 1. The van der Waals surface area contributed by atoms with E-state index >= 15 is 0 Å². The number of carbonyl (C=O) groups is 1. The minimum Gasteiger partial charge on any atom is -0.484 e. The van der Waals surface area contributed by atoms with Crippen molar-refractivity contribution in [3.05, 3.63) is 24.3 Å². The Kier molecular flexibility index (Phi) is 5.83. The van der Waals surface area contributed by atoms with Crippen LogP contribution in [0.2, 0.25) is 0 Å². The Morgan fingerprint density at radius 1 is 1.23 bits per heavy atom. The lowest BCUT2D eigenvalue weighted by atomic mass is 10.1. The maximum absolute atomic E-state index is 11.9. The van der Waals surface area contributed by atoms with Crippen LogP contribution in [0.5, 0.6) is 5.75 Å². The van der Waals surface area contributed by atoms with Gasteiger partial charge < -0.3 is 10.1 Å². The van der Waals surface area contributed by atoms with E-state index in [1.807, 2.05) is 0 Å². The summed E-state index contributed by atoms with van der Waals surface area (Å²) in [5.74, 6) is 0.232. The molecule has 0 unspecified atom stereocenters. The molecule has 1 amide bonds. The number of ether oxygens (including phenoxy) is 1. The third-order valence-corrected chi connectivity index (χ3v) is 4.93. The number of nitrogens with one attached hydrogen (secondary N) is 1. The zero-order valence-electron chi connectivity index (χ0n) is 12.9. The van der Waals surface area contributed by atoms with Gasteiger partial charge in [-0.2, -0.15) is 0 Å². The molecule has 0 aromatic heterocycles. The highest BCUT2D eigenvalue weighted by Gasteiger charge is 2.15. The maximum Gasteiger partial charge on any atom is 0.258 e. The van der Waals surface area contributed by atoms with Crippen LogP contribution in [0.4, 0.5) is 0 Å². The molecular weight excluding hydrogens is 302 g/mol. The average molecular weight is 325 g/mol. The fourth-order valence-electron chi connectivity index (χ4n) is 2.64. The number of hydrogen-bond donors (Lipinski definition) is 1. The predicted molar refractivity (Wildman–Crippen MR) is 84.7 cm³/mol. The van der Waals surface area contributed by atoms with Crippen molar-refractivity contribution in [1.29, 1.82) is 0 Å². The molecule has 6 heteroatoms. The van der Waals surface area contributed by atoms with Crippen molar-refractivity contribution in [2.75, 3.05) is 12.9 Å². The van der Waals surface area contributed by atoms with Crippen molar-refractivity contribution in [1.82, 2.24) is 5.32 Å². The number of rotatable bonds is 5. The molecule has 0 atom stereocenters. The van der Waals surface area contributed by atoms with Crippen molar-refractivity contribution >= 4 is 15.7 Å². The lowest BCUT2D eigenvalue weighted by molar-refractivity contribution is -0.123. The summed E-state index contributed by atoms with van der Waals surface area (Å²) >= 11 is 0. The van der Waals surface area contributed by atoms with E-state index in [0.717, 1.165) is 31.9 Å². The molecule has 0 aliphatic heterocycles. The van der Waals surface area contributed by atoms with Crippen molar-refractivity contribution < 1.29 is 17.9 Å². The zero-order valence-corrected chi connectivity index (χ0v) is 13.7. The van der Waals surface area contributed by atoms with Crippen LogP contribution in [0.25, 0.3) is 0 Å². The summed E-state index contributed by atoms with van der Waals surface area (Å²) in [7, 11) is -3.27. The molecule has 1 fully saturated rings. The second kappa shape index (κ2) is 7.63. The fourth-order valence-corrected chi connectivity index (χ4v) is 3.29. The number of benzene rings is 1. The van der Waals surface area contributed by atoms with Crippen LogP contribution in [0.15, 0.2) is 29.2 Å². The second-order valence-electron chi connectivity index (χ2n) is 5.79. The molecule has 0 radical (unpaired) electrons. The van der Waals surface area contributed by atoms with E-state index in [9.17, 15) is 13.2 Å². The van der Waals surface area contributed by atoms with E-state index in [0.29, 0.717) is 5.75 Å². The van der Waals surface area contributed by atoms with Gasteiger partial charge in [-0.05, 0) is 31.0 Å². The quantitative estimate of drug-likeness (QED) is 0.843. The summed E-state index contributed by atoms with van der Waals surface area (Å²) < 4.78 is 28.4. The molecule has 122 valence electrons. The molecule has 5 nitrogen and oxygen atoms in total. The molecule has 2 rings (SSSR count). The summed E-state index contributed by atoms with van der Waals surface area (Å²) in [6.45, 7) is -0.0935. The fraction of sp³-hybridized carbons (Fsp3) is 0.562. The Bertz CT molecular complexity index is 604. The first-order valence-corrected chi connectivity index (χ1v) is 9.56. The van der Waals surface area contributed by atoms with Crippen LogP contribution in [-0.2, 0) is 14.6 Å². The average Bonchev–Trinajstić information content (AvgIpc) is 2.73. The van der Waals surface area contributed by atoms with Crippen LogP contribution in [0.3, 0.4) is 0 Å². The van der Waals surface area contributed by atoms with E-state index in [2.05, 4.69) is 5.32 Å². The van der Waals surface area contributed by atoms with E-state index in [4.69, 9.17) is 4.74 Å². The summed E-state index contributed by atoms with van der Waals surface area (Å²) in [4.78, 5) is 12.1. The SMILES string of the molecule is CS(=O)(=O)c1cccc(OCC(=O)NC2CCCCCC2)c1. The van der Waals surface area contributed by atoms with Gasteiger partial charge in [0.05, 0.1) is 4.90 Å². The Morgan fingerprint density at radius 3 is 2.55 bits per heavy atom. The van der Waals surface area contributed by atoms with Crippen molar-refractivity contribution in [2.45, 2.75) is 49.5 Å². The second-order valence-corrected chi connectivity index (χ2v) is 7.81. The smallest absolute Gasteiger partial charge is 0.258 e. The highest BCUT2D eigenvalue weighted by molar-refractivity contribution is 7.90. The summed E-state index contributed by atoms with van der Waals surface area (Å²) in [6, 6.07) is 6.44. The summed E-state index contributed by atoms with van der Waals surface area (Å²) in [6.07, 6.45) is 7.97. The van der Waals surface area contributed by atoms with Gasteiger partial charge in [0.1, 0.15) is 5.75 Å². The van der Waals surface area contributed by atoms with E-state index in [1.54, 1.807) is 12.1 Å². The first-order valence-electron chi connectivity index (χ1n) is 7.67. The third-order valence-electron chi connectivity index (χ3n) is 3.82. The minimum atomic E-state index is -3.27. The Hall–Kier alpha value is -1.56. The molecule has 1 aliphatic rings. The van der Waals surface area contributed by atoms with E-state index in [-0.39, 0.29) is 23.5 Å². The lowest BCUT2D eigenvalue weighted by Gasteiger charge is -2.16. The van der Waals surface area contributed by atoms with Gasteiger partial charge in [-0.3, -0.25) is 4.79 Å². The molecule has 1 aromatic rings. The topological polar surface area (TPSA) is 72.5 Å². The molecule has 1 saturated carbocycles. The van der Waals surface area contributed by atoms with Crippen LogP contribution in [0.1, 0.15) is 38.5 Å². The highest BCUT2D eigenvalue weighted by Crippen LogP contribution is 2.18.